The lowest BCUT2D eigenvalue weighted by Crippen LogP contribution is -2.48. The van der Waals surface area contributed by atoms with Gasteiger partial charge in [0.25, 0.3) is 0 Å². The van der Waals surface area contributed by atoms with Crippen molar-refractivity contribution < 1.29 is 0 Å². The van der Waals surface area contributed by atoms with Crippen molar-refractivity contribution in [3.63, 3.8) is 0 Å². The Morgan fingerprint density at radius 1 is 0.879 bits per heavy atom. The minimum Gasteiger partial charge on any atom is -0.368 e. The van der Waals surface area contributed by atoms with Crippen LogP contribution in [0, 0.1) is 0 Å². The lowest BCUT2D eigenvalue weighted by atomic mass is 10.2. The van der Waals surface area contributed by atoms with Crippen molar-refractivity contribution in [2.75, 3.05) is 36.4 Å². The number of pyridine rings is 1. The van der Waals surface area contributed by atoms with Crippen molar-refractivity contribution in [3.05, 3.63) is 36.7 Å². The van der Waals surface area contributed by atoms with Crippen LogP contribution < -0.4 is 10.2 Å². The van der Waals surface area contributed by atoms with Crippen LogP contribution in [0.3, 0.4) is 0 Å². The molecule has 5 rings (SSSR count). The van der Waals surface area contributed by atoms with Gasteiger partial charge in [0.05, 0.1) is 11.9 Å². The van der Waals surface area contributed by atoms with E-state index >= 15 is 0 Å². The lowest BCUT2D eigenvalue weighted by molar-refractivity contribution is 0.209. The summed E-state index contributed by atoms with van der Waals surface area (Å²) in [6.45, 7) is 12.9. The summed E-state index contributed by atoms with van der Waals surface area (Å²) in [4.78, 5) is 18.8. The smallest absolute Gasteiger partial charge is 0.228 e. The lowest BCUT2D eigenvalue weighted by Gasteiger charge is -2.38. The van der Waals surface area contributed by atoms with E-state index in [1.54, 1.807) is 0 Å². The molecule has 0 saturated carbocycles. The summed E-state index contributed by atoms with van der Waals surface area (Å²) in [5.41, 5.74) is 3.73. The Labute approximate surface area is 199 Å². The Morgan fingerprint density at radius 2 is 1.67 bits per heavy atom. The summed E-state index contributed by atoms with van der Waals surface area (Å²) in [6, 6.07) is 8.82. The third-order valence-corrected chi connectivity index (χ3v) is 6.07. The van der Waals surface area contributed by atoms with Crippen LogP contribution in [0.1, 0.15) is 33.7 Å². The Morgan fingerprint density at radius 3 is 2.33 bits per heavy atom. The van der Waals surface area contributed by atoms with Gasteiger partial charge in [-0.3, -0.25) is 4.90 Å². The highest BCUT2D eigenvalue weighted by atomic mass is 35.5. The molecule has 9 nitrogen and oxygen atoms in total. The molecule has 1 saturated heterocycles. The van der Waals surface area contributed by atoms with Gasteiger partial charge in [-0.25, -0.2) is 19.6 Å². The molecule has 0 atom stereocenters. The number of nitrogens with zero attached hydrogens (tertiary/aromatic N) is 8. The van der Waals surface area contributed by atoms with Gasteiger partial charge < -0.3 is 10.2 Å². The zero-order valence-corrected chi connectivity index (χ0v) is 20.2. The average molecular weight is 468 g/mol. The summed E-state index contributed by atoms with van der Waals surface area (Å²) >= 11 is 0. The number of hydrogen-bond donors (Lipinski definition) is 1. The normalized spacial score (nSPS) is 14.9. The number of rotatable bonds is 5. The fraction of sp³-hybridized carbons (Fsp3) is 0.435. The zero-order valence-electron chi connectivity index (χ0n) is 19.4. The highest BCUT2D eigenvalue weighted by molar-refractivity contribution is 6.01. The van der Waals surface area contributed by atoms with Gasteiger partial charge in [-0.15, -0.1) is 17.5 Å². The molecule has 1 fully saturated rings. The van der Waals surface area contributed by atoms with E-state index in [1.165, 1.54) is 0 Å². The predicted octanol–water partition coefficient (Wildman–Crippen LogP) is 4.05. The maximum Gasteiger partial charge on any atom is 0.228 e. The van der Waals surface area contributed by atoms with Crippen LogP contribution in [0.5, 0.6) is 0 Å². The van der Waals surface area contributed by atoms with Crippen LogP contribution in [0.2, 0.25) is 0 Å². The SMILES string of the molecule is CC(C)N1CCN(c2ccc(Nc3ncc4ccc5nnn(C(C)C)c5c4n3)nc2)CC1.Cl. The molecule has 4 heterocycles. The van der Waals surface area contributed by atoms with Crippen molar-refractivity contribution in [2.24, 2.45) is 0 Å². The summed E-state index contributed by atoms with van der Waals surface area (Å²) < 4.78 is 1.90. The van der Waals surface area contributed by atoms with Gasteiger partial charge in [-0.1, -0.05) is 5.21 Å². The van der Waals surface area contributed by atoms with E-state index in [9.17, 15) is 0 Å². The zero-order chi connectivity index (χ0) is 22.2. The topological polar surface area (TPSA) is 87.9 Å². The van der Waals surface area contributed by atoms with E-state index in [4.69, 9.17) is 4.98 Å². The molecular weight excluding hydrogens is 438 g/mol. The number of halogens is 1. The van der Waals surface area contributed by atoms with Crippen molar-refractivity contribution in [3.8, 4) is 0 Å². The van der Waals surface area contributed by atoms with Crippen LogP contribution in [0.25, 0.3) is 21.9 Å². The third-order valence-electron chi connectivity index (χ3n) is 6.07. The molecule has 1 aliphatic heterocycles. The van der Waals surface area contributed by atoms with Crippen molar-refractivity contribution >= 4 is 51.8 Å². The molecule has 10 heteroatoms. The molecule has 3 aromatic heterocycles. The highest BCUT2D eigenvalue weighted by Gasteiger charge is 2.19. The van der Waals surface area contributed by atoms with E-state index in [-0.39, 0.29) is 18.4 Å². The Kier molecular flexibility index (Phi) is 6.62. The minimum absolute atomic E-state index is 0. The van der Waals surface area contributed by atoms with Crippen LogP contribution in [0.15, 0.2) is 36.7 Å². The first-order valence-corrected chi connectivity index (χ1v) is 11.2. The van der Waals surface area contributed by atoms with Crippen LogP contribution in [-0.2, 0) is 0 Å². The summed E-state index contributed by atoms with van der Waals surface area (Å²) in [5, 5.41) is 12.8. The number of nitrogens with one attached hydrogen (secondary N) is 1. The van der Waals surface area contributed by atoms with Gasteiger partial charge in [0.2, 0.25) is 5.95 Å². The average Bonchev–Trinajstić information content (AvgIpc) is 3.25. The van der Waals surface area contributed by atoms with Crippen molar-refractivity contribution in [2.45, 2.75) is 39.8 Å². The van der Waals surface area contributed by atoms with E-state index < -0.39 is 0 Å². The fourth-order valence-electron chi connectivity index (χ4n) is 4.20. The summed E-state index contributed by atoms with van der Waals surface area (Å²) in [5.74, 6) is 1.23. The molecule has 0 aliphatic carbocycles. The van der Waals surface area contributed by atoms with Crippen LogP contribution in [0.4, 0.5) is 17.5 Å². The molecule has 174 valence electrons. The highest BCUT2D eigenvalue weighted by Crippen LogP contribution is 2.26. The first-order valence-electron chi connectivity index (χ1n) is 11.2. The van der Waals surface area contributed by atoms with E-state index in [2.05, 4.69) is 69.2 Å². The number of fused-ring (bicyclic) bond motifs is 3. The van der Waals surface area contributed by atoms with E-state index in [1.807, 2.05) is 35.3 Å². The van der Waals surface area contributed by atoms with Crippen LogP contribution >= 0.6 is 12.4 Å². The molecule has 0 bridgehead atoms. The van der Waals surface area contributed by atoms with E-state index in [0.717, 1.165) is 59.6 Å². The van der Waals surface area contributed by atoms with Gasteiger partial charge in [0.1, 0.15) is 22.4 Å². The summed E-state index contributed by atoms with van der Waals surface area (Å²) in [7, 11) is 0. The molecule has 4 aromatic rings. The quantitative estimate of drug-likeness (QED) is 0.470. The number of aromatic nitrogens is 6. The number of anilines is 3. The molecule has 1 aromatic carbocycles. The largest absolute Gasteiger partial charge is 0.368 e. The fourth-order valence-corrected chi connectivity index (χ4v) is 4.20. The maximum absolute atomic E-state index is 4.77. The maximum atomic E-state index is 4.77. The second-order valence-corrected chi connectivity index (χ2v) is 8.84. The number of piperazine rings is 1. The van der Waals surface area contributed by atoms with Crippen LogP contribution in [-0.4, -0.2) is 67.1 Å². The first kappa shape index (κ1) is 23.1. The van der Waals surface area contributed by atoms with Gasteiger partial charge >= 0.3 is 0 Å². The van der Waals surface area contributed by atoms with Crippen molar-refractivity contribution in [1.82, 2.24) is 34.8 Å². The monoisotopic (exact) mass is 467 g/mol. The molecule has 0 radical (unpaired) electrons. The van der Waals surface area contributed by atoms with Gasteiger partial charge in [-0.05, 0) is 52.0 Å². The molecule has 1 aliphatic rings. The standard InChI is InChI=1S/C23H29N9.ClH/c1-15(2)30-9-11-31(12-10-30)18-6-8-20(24-14-18)26-23-25-13-17-5-7-19-22(21(17)27-23)32(16(3)4)29-28-19;/h5-8,13-16H,9-12H2,1-4H3,(H,24,25,26,27);1H. The second-order valence-electron chi connectivity index (χ2n) is 8.84. The van der Waals surface area contributed by atoms with E-state index in [0.29, 0.717) is 12.0 Å². The first-order chi connectivity index (χ1) is 15.5. The molecule has 0 spiro atoms. The number of hydrogen-bond acceptors (Lipinski definition) is 8. The summed E-state index contributed by atoms with van der Waals surface area (Å²) in [6.07, 6.45) is 3.74. The Bertz CT molecular complexity index is 1230. The predicted molar refractivity (Wildman–Crippen MR) is 135 cm³/mol. The Hall–Kier alpha value is -3.04. The van der Waals surface area contributed by atoms with Gasteiger partial charge in [0.15, 0.2) is 0 Å². The molecule has 0 unspecified atom stereocenters. The molecule has 33 heavy (non-hydrogen) atoms. The second kappa shape index (κ2) is 9.44. The third kappa shape index (κ3) is 4.56. The molecule has 1 N–H and O–H groups in total. The van der Waals surface area contributed by atoms with Gasteiger partial charge in [-0.2, -0.15) is 0 Å². The molecule has 0 amide bonds. The molecular formula is C23H30ClN9. The minimum atomic E-state index is 0. The Balaban J connectivity index is 0.00000259. The van der Waals surface area contributed by atoms with Crippen molar-refractivity contribution in [1.29, 1.82) is 0 Å². The van der Waals surface area contributed by atoms with Gasteiger partial charge in [0, 0.05) is 49.8 Å². The number of benzene rings is 1.